The summed E-state index contributed by atoms with van der Waals surface area (Å²) >= 11 is 0. The zero-order valence-corrected chi connectivity index (χ0v) is 15.4. The smallest absolute Gasteiger partial charge is 0.253 e. The van der Waals surface area contributed by atoms with Gasteiger partial charge in [-0.05, 0) is 18.6 Å². The van der Waals surface area contributed by atoms with Crippen molar-refractivity contribution in [3.63, 3.8) is 0 Å². The minimum Gasteiger partial charge on any atom is -0.502 e. The molecule has 146 valence electrons. The molecule has 0 bridgehead atoms. The number of nitrogens with zero attached hydrogens (tertiary/aromatic N) is 1. The fraction of sp³-hybridized carbons (Fsp3) is 0.368. The highest BCUT2D eigenvalue weighted by molar-refractivity contribution is 6.07. The lowest BCUT2D eigenvalue weighted by Gasteiger charge is -2.33. The average Bonchev–Trinajstić information content (AvgIpc) is 2.62. The Morgan fingerprint density at radius 1 is 1.37 bits per heavy atom. The molecule has 2 rings (SSSR count). The number of anilines is 1. The molecule has 0 saturated carbocycles. The quantitative estimate of drug-likeness (QED) is 0.387. The molecule has 1 aromatic rings. The van der Waals surface area contributed by atoms with E-state index < -0.39 is 17.5 Å². The molecular formula is C19H24F2N4O2. The van der Waals surface area contributed by atoms with Crippen LogP contribution in [0.15, 0.2) is 41.4 Å². The number of allylic oxidation sites excluding steroid dienone is 1. The van der Waals surface area contributed by atoms with E-state index in [2.05, 4.69) is 10.6 Å². The Hall–Kier alpha value is -2.74. The topological polar surface area (TPSA) is 77.5 Å². The number of hydrogen-bond donors (Lipinski definition) is 3. The summed E-state index contributed by atoms with van der Waals surface area (Å²) < 4.78 is 31.9. The molecule has 1 saturated heterocycles. The number of ether oxygens (including phenoxy) is 1. The highest BCUT2D eigenvalue weighted by Crippen LogP contribution is 2.22. The lowest BCUT2D eigenvalue weighted by atomic mass is 10.1. The van der Waals surface area contributed by atoms with Crippen molar-refractivity contribution in [1.29, 1.82) is 5.41 Å². The van der Waals surface area contributed by atoms with Crippen LogP contribution in [0.25, 0.3) is 0 Å². The summed E-state index contributed by atoms with van der Waals surface area (Å²) in [5, 5.41) is 13.6. The number of rotatable bonds is 7. The number of nitrogens with one attached hydrogen (secondary N) is 3. The van der Waals surface area contributed by atoms with E-state index in [0.717, 1.165) is 30.1 Å². The van der Waals surface area contributed by atoms with E-state index in [1.807, 2.05) is 11.8 Å². The predicted molar refractivity (Wildman–Crippen MR) is 100 cm³/mol. The predicted octanol–water partition coefficient (Wildman–Crippen LogP) is 3.00. The molecule has 0 aliphatic carbocycles. The normalized spacial score (nSPS) is 16.7. The molecule has 27 heavy (non-hydrogen) atoms. The molecule has 1 fully saturated rings. The molecule has 1 heterocycles. The van der Waals surface area contributed by atoms with Crippen LogP contribution in [-0.4, -0.2) is 43.8 Å². The number of methoxy groups -OCH3 is 1. The van der Waals surface area contributed by atoms with Gasteiger partial charge in [-0.2, -0.15) is 0 Å². The van der Waals surface area contributed by atoms with Crippen molar-refractivity contribution in [2.45, 2.75) is 19.8 Å². The van der Waals surface area contributed by atoms with E-state index in [-0.39, 0.29) is 5.69 Å². The molecule has 0 atom stereocenters. The van der Waals surface area contributed by atoms with Crippen LogP contribution >= 0.6 is 0 Å². The number of benzene rings is 1. The van der Waals surface area contributed by atoms with Crippen LogP contribution in [-0.2, 0) is 9.53 Å². The van der Waals surface area contributed by atoms with Crippen LogP contribution in [0.1, 0.15) is 19.8 Å². The van der Waals surface area contributed by atoms with Crippen LogP contribution in [0.4, 0.5) is 14.5 Å². The molecule has 6 nitrogen and oxygen atoms in total. The monoisotopic (exact) mass is 378 g/mol. The first-order valence-corrected chi connectivity index (χ1v) is 8.71. The molecule has 1 aliphatic heterocycles. The maximum atomic E-state index is 13.4. The van der Waals surface area contributed by atoms with Crippen molar-refractivity contribution in [2.24, 2.45) is 0 Å². The third-order valence-electron chi connectivity index (χ3n) is 4.05. The highest BCUT2D eigenvalue weighted by atomic mass is 19.1. The van der Waals surface area contributed by atoms with E-state index in [9.17, 15) is 13.6 Å². The molecule has 0 radical (unpaired) electrons. The molecule has 0 aromatic heterocycles. The summed E-state index contributed by atoms with van der Waals surface area (Å²) in [7, 11) is 1.53. The number of halogens is 2. The zero-order valence-electron chi connectivity index (χ0n) is 15.4. The van der Waals surface area contributed by atoms with Crippen molar-refractivity contribution in [3.05, 3.63) is 53.1 Å². The Morgan fingerprint density at radius 3 is 2.67 bits per heavy atom. The summed E-state index contributed by atoms with van der Waals surface area (Å²) in [4.78, 5) is 14.7. The Labute approximate surface area is 157 Å². The fourth-order valence-electron chi connectivity index (χ4n) is 2.93. The molecule has 3 N–H and O–H groups in total. The van der Waals surface area contributed by atoms with Gasteiger partial charge in [-0.25, -0.2) is 8.78 Å². The number of amides is 1. The first kappa shape index (κ1) is 20.6. The lowest BCUT2D eigenvalue weighted by molar-refractivity contribution is -0.113. The Morgan fingerprint density at radius 2 is 2.07 bits per heavy atom. The van der Waals surface area contributed by atoms with Crippen molar-refractivity contribution >= 4 is 17.8 Å². The van der Waals surface area contributed by atoms with Crippen molar-refractivity contribution in [2.75, 3.05) is 32.1 Å². The van der Waals surface area contributed by atoms with E-state index >= 15 is 0 Å². The van der Waals surface area contributed by atoms with Crippen LogP contribution in [0.5, 0.6) is 0 Å². The van der Waals surface area contributed by atoms with Gasteiger partial charge < -0.3 is 25.7 Å². The largest absolute Gasteiger partial charge is 0.502 e. The second-order valence-corrected chi connectivity index (χ2v) is 6.04. The second kappa shape index (κ2) is 9.82. The van der Waals surface area contributed by atoms with Gasteiger partial charge in [0.1, 0.15) is 17.9 Å². The third kappa shape index (κ3) is 5.37. The standard InChI is InChI=1S/C19H24F2N4O2/c1-3-4-17(19(26)24-15-8-13(20)7-14(21)9-15)18(10-22)25-6-5-23-11-16(25)12-27-2/h7-10,12,22-23H,3-6,11H2,1-2H3,(H,24,26)/b16-12+,18-17+,22-10?. The van der Waals surface area contributed by atoms with E-state index in [4.69, 9.17) is 10.1 Å². The van der Waals surface area contributed by atoms with Crippen LogP contribution in [0, 0.1) is 17.0 Å². The van der Waals surface area contributed by atoms with Gasteiger partial charge in [0, 0.05) is 43.2 Å². The molecule has 0 spiro atoms. The van der Waals surface area contributed by atoms with Gasteiger partial charge in [-0.15, -0.1) is 0 Å². The highest BCUT2D eigenvalue weighted by Gasteiger charge is 2.23. The third-order valence-corrected chi connectivity index (χ3v) is 4.05. The van der Waals surface area contributed by atoms with Gasteiger partial charge in [0.25, 0.3) is 5.91 Å². The number of carbonyl (C=O) groups is 1. The Kier molecular flexibility index (Phi) is 7.48. The maximum absolute atomic E-state index is 13.4. The summed E-state index contributed by atoms with van der Waals surface area (Å²) in [5.41, 5.74) is 1.64. The summed E-state index contributed by atoms with van der Waals surface area (Å²) in [6.45, 7) is 3.71. The molecular weight excluding hydrogens is 354 g/mol. The summed E-state index contributed by atoms with van der Waals surface area (Å²) in [6.07, 6.45) is 3.79. The Balaban J connectivity index is 2.39. The first-order valence-electron chi connectivity index (χ1n) is 8.71. The van der Waals surface area contributed by atoms with E-state index in [0.29, 0.717) is 43.7 Å². The van der Waals surface area contributed by atoms with Crippen molar-refractivity contribution in [3.8, 4) is 0 Å². The minimum atomic E-state index is -0.772. The molecule has 0 unspecified atom stereocenters. The van der Waals surface area contributed by atoms with Gasteiger partial charge in [-0.3, -0.25) is 4.79 Å². The average molecular weight is 378 g/mol. The van der Waals surface area contributed by atoms with Crippen molar-refractivity contribution < 1.29 is 18.3 Å². The van der Waals surface area contributed by atoms with Gasteiger partial charge in [0.2, 0.25) is 0 Å². The SMILES string of the molecule is CCC/C(C(=O)Nc1cc(F)cc(F)c1)=C(/C=N)N1CCNC/C1=C\OC. The zero-order chi connectivity index (χ0) is 19.8. The second-order valence-electron chi connectivity index (χ2n) is 6.04. The maximum Gasteiger partial charge on any atom is 0.253 e. The molecule has 8 heteroatoms. The fourth-order valence-corrected chi connectivity index (χ4v) is 2.93. The molecule has 1 aliphatic rings. The first-order chi connectivity index (χ1) is 13.0. The van der Waals surface area contributed by atoms with Gasteiger partial charge in [-0.1, -0.05) is 13.3 Å². The Bertz CT molecular complexity index is 742. The van der Waals surface area contributed by atoms with Gasteiger partial charge >= 0.3 is 0 Å². The summed E-state index contributed by atoms with van der Waals surface area (Å²) in [6, 6.07) is 2.84. The van der Waals surface area contributed by atoms with Crippen LogP contribution in [0.2, 0.25) is 0 Å². The summed E-state index contributed by atoms with van der Waals surface area (Å²) in [5.74, 6) is -2.03. The van der Waals surface area contributed by atoms with E-state index in [1.54, 1.807) is 6.26 Å². The van der Waals surface area contributed by atoms with Crippen molar-refractivity contribution in [1.82, 2.24) is 10.2 Å². The molecule has 1 aromatic carbocycles. The van der Waals surface area contributed by atoms with Gasteiger partial charge in [0.15, 0.2) is 0 Å². The minimum absolute atomic E-state index is 0.0309. The number of hydrogen-bond acceptors (Lipinski definition) is 5. The molecule has 1 amide bonds. The van der Waals surface area contributed by atoms with Gasteiger partial charge in [0.05, 0.1) is 18.5 Å². The lowest BCUT2D eigenvalue weighted by Crippen LogP contribution is -2.42. The number of carbonyl (C=O) groups excluding carboxylic acids is 1. The van der Waals surface area contributed by atoms with Crippen LogP contribution < -0.4 is 10.6 Å². The number of piperazine rings is 1. The van der Waals surface area contributed by atoms with E-state index in [1.165, 1.54) is 7.11 Å². The van der Waals surface area contributed by atoms with Crippen LogP contribution in [0.3, 0.4) is 0 Å².